The molecule has 0 saturated heterocycles. The summed E-state index contributed by atoms with van der Waals surface area (Å²) < 4.78 is 13.4. The van der Waals surface area contributed by atoms with Crippen molar-refractivity contribution in [1.82, 2.24) is 9.97 Å². The Hall–Kier alpha value is -2.77. The van der Waals surface area contributed by atoms with Gasteiger partial charge in [0.05, 0.1) is 4.92 Å². The predicted molar refractivity (Wildman–Crippen MR) is 67.5 cm³/mol. The third kappa shape index (κ3) is 2.57. The molecule has 0 bridgehead atoms. The molecular weight excluding hydrogens is 253 g/mol. The number of nitrogen functional groups attached to an aromatic ring is 1. The van der Waals surface area contributed by atoms with E-state index < -0.39 is 10.7 Å². The van der Waals surface area contributed by atoms with Crippen LogP contribution in [0.1, 0.15) is 5.56 Å². The summed E-state index contributed by atoms with van der Waals surface area (Å²) in [6, 6.07) is 4.37. The summed E-state index contributed by atoms with van der Waals surface area (Å²) >= 11 is 0. The molecule has 98 valence electrons. The lowest BCUT2D eigenvalue weighted by Crippen LogP contribution is -2.05. The third-order valence-electron chi connectivity index (χ3n) is 2.51. The minimum atomic E-state index is -0.642. The van der Waals surface area contributed by atoms with Crippen LogP contribution in [0, 0.1) is 22.9 Å². The van der Waals surface area contributed by atoms with Gasteiger partial charge in [-0.2, -0.15) is 4.98 Å². The SMILES string of the molecule is Cc1c(F)cccc1Nc1nc(N)ncc1[N+](=O)[O-]. The van der Waals surface area contributed by atoms with E-state index in [0.29, 0.717) is 11.3 Å². The average molecular weight is 263 g/mol. The van der Waals surface area contributed by atoms with Crippen LogP contribution in [0.5, 0.6) is 0 Å². The van der Waals surface area contributed by atoms with Crippen LogP contribution in [0.4, 0.5) is 27.5 Å². The second kappa shape index (κ2) is 4.84. The number of anilines is 3. The fraction of sp³-hybridized carbons (Fsp3) is 0.0909. The van der Waals surface area contributed by atoms with Crippen molar-refractivity contribution in [2.75, 3.05) is 11.1 Å². The number of nitro groups is 1. The monoisotopic (exact) mass is 263 g/mol. The van der Waals surface area contributed by atoms with Gasteiger partial charge in [0.1, 0.15) is 12.0 Å². The molecule has 2 aromatic rings. The highest BCUT2D eigenvalue weighted by Crippen LogP contribution is 2.27. The van der Waals surface area contributed by atoms with Gasteiger partial charge in [0.25, 0.3) is 0 Å². The van der Waals surface area contributed by atoms with E-state index in [1.807, 2.05) is 0 Å². The molecule has 0 radical (unpaired) electrons. The summed E-state index contributed by atoms with van der Waals surface area (Å²) in [6.07, 6.45) is 0.999. The summed E-state index contributed by atoms with van der Waals surface area (Å²) in [7, 11) is 0. The van der Waals surface area contributed by atoms with Crippen LogP contribution in [0.15, 0.2) is 24.4 Å². The molecule has 0 saturated carbocycles. The standard InChI is InChI=1S/C11H10FN5O2/c1-6-7(12)3-2-4-8(6)15-10-9(17(18)19)5-14-11(13)16-10/h2-5H,1H3,(H3,13,14,15,16). The summed E-state index contributed by atoms with van der Waals surface area (Å²) in [5.41, 5.74) is 5.76. The summed E-state index contributed by atoms with van der Waals surface area (Å²) in [5.74, 6) is -0.608. The van der Waals surface area contributed by atoms with Crippen LogP contribution in [-0.2, 0) is 0 Å². The first-order chi connectivity index (χ1) is 8.99. The minimum absolute atomic E-state index is 0.0776. The van der Waals surface area contributed by atoms with Crippen LogP contribution in [0.3, 0.4) is 0 Å². The van der Waals surface area contributed by atoms with Crippen molar-refractivity contribution < 1.29 is 9.31 Å². The normalized spacial score (nSPS) is 10.2. The Bertz CT molecular complexity index is 647. The first-order valence-electron chi connectivity index (χ1n) is 5.28. The largest absolute Gasteiger partial charge is 0.368 e. The molecule has 1 heterocycles. The molecule has 1 aromatic heterocycles. The molecule has 0 unspecified atom stereocenters. The van der Waals surface area contributed by atoms with Crippen LogP contribution in [0.2, 0.25) is 0 Å². The molecule has 19 heavy (non-hydrogen) atoms. The van der Waals surface area contributed by atoms with E-state index in [2.05, 4.69) is 15.3 Å². The lowest BCUT2D eigenvalue weighted by atomic mass is 10.2. The molecule has 3 N–H and O–H groups in total. The second-order valence-corrected chi connectivity index (χ2v) is 3.76. The number of aromatic nitrogens is 2. The summed E-state index contributed by atoms with van der Waals surface area (Å²) in [4.78, 5) is 17.5. The molecule has 0 spiro atoms. The van der Waals surface area contributed by atoms with Gasteiger partial charge in [-0.1, -0.05) is 6.07 Å². The minimum Gasteiger partial charge on any atom is -0.368 e. The fourth-order valence-electron chi connectivity index (χ4n) is 1.49. The number of halogens is 1. The molecular formula is C11H10FN5O2. The predicted octanol–water partition coefficient (Wildman–Crippen LogP) is 2.16. The van der Waals surface area contributed by atoms with Gasteiger partial charge in [0, 0.05) is 11.3 Å². The van der Waals surface area contributed by atoms with Crippen molar-refractivity contribution in [1.29, 1.82) is 0 Å². The number of hydrogen-bond acceptors (Lipinski definition) is 6. The van der Waals surface area contributed by atoms with Crippen molar-refractivity contribution in [3.8, 4) is 0 Å². The quantitative estimate of drug-likeness (QED) is 0.649. The lowest BCUT2D eigenvalue weighted by Gasteiger charge is -2.09. The Labute approximate surface area is 107 Å². The number of benzene rings is 1. The number of rotatable bonds is 3. The summed E-state index contributed by atoms with van der Waals surface area (Å²) in [6.45, 7) is 1.55. The number of nitrogens with zero attached hydrogens (tertiary/aromatic N) is 3. The molecule has 0 amide bonds. The average Bonchev–Trinajstić information content (AvgIpc) is 2.35. The van der Waals surface area contributed by atoms with E-state index in [1.165, 1.54) is 12.1 Å². The van der Waals surface area contributed by atoms with Crippen LogP contribution >= 0.6 is 0 Å². The maximum atomic E-state index is 13.4. The first-order valence-corrected chi connectivity index (χ1v) is 5.28. The first kappa shape index (κ1) is 12.7. The van der Waals surface area contributed by atoms with Crippen LogP contribution in [-0.4, -0.2) is 14.9 Å². The van der Waals surface area contributed by atoms with Crippen molar-refractivity contribution in [3.63, 3.8) is 0 Å². The topological polar surface area (TPSA) is 107 Å². The zero-order chi connectivity index (χ0) is 14.0. The molecule has 8 heteroatoms. The van der Waals surface area contributed by atoms with E-state index in [1.54, 1.807) is 13.0 Å². The van der Waals surface area contributed by atoms with Gasteiger partial charge < -0.3 is 11.1 Å². The van der Waals surface area contributed by atoms with Gasteiger partial charge in [-0.15, -0.1) is 0 Å². The Morgan fingerprint density at radius 2 is 2.21 bits per heavy atom. The van der Waals surface area contributed by atoms with E-state index in [4.69, 9.17) is 5.73 Å². The van der Waals surface area contributed by atoms with E-state index in [-0.39, 0.29) is 17.5 Å². The van der Waals surface area contributed by atoms with E-state index in [0.717, 1.165) is 6.20 Å². The molecule has 0 fully saturated rings. The highest BCUT2D eigenvalue weighted by Gasteiger charge is 2.17. The highest BCUT2D eigenvalue weighted by atomic mass is 19.1. The van der Waals surface area contributed by atoms with Gasteiger partial charge in [0.2, 0.25) is 11.8 Å². The Morgan fingerprint density at radius 3 is 2.89 bits per heavy atom. The Morgan fingerprint density at radius 1 is 1.47 bits per heavy atom. The summed E-state index contributed by atoms with van der Waals surface area (Å²) in [5, 5.41) is 13.5. The smallest absolute Gasteiger partial charge is 0.329 e. The van der Waals surface area contributed by atoms with Crippen molar-refractivity contribution in [2.24, 2.45) is 0 Å². The zero-order valence-electron chi connectivity index (χ0n) is 9.92. The fourth-order valence-corrected chi connectivity index (χ4v) is 1.49. The number of hydrogen-bond donors (Lipinski definition) is 2. The molecule has 1 aromatic carbocycles. The van der Waals surface area contributed by atoms with Crippen molar-refractivity contribution >= 4 is 23.1 Å². The molecule has 7 nitrogen and oxygen atoms in total. The van der Waals surface area contributed by atoms with Crippen LogP contribution < -0.4 is 11.1 Å². The maximum Gasteiger partial charge on any atom is 0.329 e. The lowest BCUT2D eigenvalue weighted by molar-refractivity contribution is -0.384. The van der Waals surface area contributed by atoms with Gasteiger partial charge in [-0.25, -0.2) is 9.37 Å². The van der Waals surface area contributed by atoms with Gasteiger partial charge in [-0.3, -0.25) is 10.1 Å². The van der Waals surface area contributed by atoms with Crippen LogP contribution in [0.25, 0.3) is 0 Å². The molecule has 0 atom stereocenters. The maximum absolute atomic E-state index is 13.4. The van der Waals surface area contributed by atoms with Gasteiger partial charge >= 0.3 is 5.69 Å². The number of nitrogens with two attached hydrogens (primary N) is 1. The Kier molecular flexibility index (Phi) is 3.23. The molecule has 0 aliphatic heterocycles. The highest BCUT2D eigenvalue weighted by molar-refractivity contribution is 5.67. The van der Waals surface area contributed by atoms with Crippen molar-refractivity contribution in [2.45, 2.75) is 6.92 Å². The third-order valence-corrected chi connectivity index (χ3v) is 2.51. The van der Waals surface area contributed by atoms with Gasteiger partial charge in [-0.05, 0) is 19.1 Å². The van der Waals surface area contributed by atoms with Gasteiger partial charge in [0.15, 0.2) is 0 Å². The molecule has 0 aliphatic carbocycles. The zero-order valence-corrected chi connectivity index (χ0v) is 9.92. The van der Waals surface area contributed by atoms with Crippen molar-refractivity contribution in [3.05, 3.63) is 45.9 Å². The molecule has 0 aliphatic rings. The van der Waals surface area contributed by atoms with E-state index in [9.17, 15) is 14.5 Å². The molecule has 2 rings (SSSR count). The van der Waals surface area contributed by atoms with E-state index >= 15 is 0 Å². The second-order valence-electron chi connectivity index (χ2n) is 3.76. The number of nitrogens with one attached hydrogen (secondary N) is 1. The Balaban J connectivity index is 2.45.